The van der Waals surface area contributed by atoms with Crippen LogP contribution in [-0.4, -0.2) is 31.3 Å². The molecular weight excluding hydrogens is 282 g/mol. The molecule has 1 amide bonds. The van der Waals surface area contributed by atoms with Gasteiger partial charge in [-0.05, 0) is 31.9 Å². The molecule has 1 rings (SSSR count). The van der Waals surface area contributed by atoms with Gasteiger partial charge in [-0.15, -0.1) is 0 Å². The summed E-state index contributed by atoms with van der Waals surface area (Å²) in [5.74, 6) is -0.236. The minimum absolute atomic E-state index is 0.0778. The van der Waals surface area contributed by atoms with Crippen molar-refractivity contribution >= 4 is 17.7 Å². The van der Waals surface area contributed by atoms with Crippen molar-refractivity contribution in [1.29, 1.82) is 0 Å². The van der Waals surface area contributed by atoms with Crippen LogP contribution in [0.2, 0.25) is 0 Å². The number of benzene rings is 1. The third kappa shape index (κ3) is 5.06. The molecule has 22 heavy (non-hydrogen) atoms. The molecule has 0 heterocycles. The number of carbonyl (C=O) groups is 2. The molecule has 122 valence electrons. The molecule has 0 radical (unpaired) electrons. The number of hydrogen-bond acceptors (Lipinski definition) is 4. The number of esters is 1. The van der Waals surface area contributed by atoms with Crippen LogP contribution in [-0.2, 0) is 14.3 Å². The van der Waals surface area contributed by atoms with Gasteiger partial charge >= 0.3 is 12.1 Å². The molecule has 0 aliphatic rings. The van der Waals surface area contributed by atoms with Gasteiger partial charge in [-0.2, -0.15) is 0 Å². The Kier molecular flexibility index (Phi) is 7.43. The number of para-hydroxylation sites is 1. The molecule has 0 bridgehead atoms. The van der Waals surface area contributed by atoms with Crippen LogP contribution < -0.4 is 4.90 Å². The molecular formula is C17H25NO4. The van der Waals surface area contributed by atoms with E-state index in [9.17, 15) is 9.59 Å². The molecule has 1 atom stereocenters. The van der Waals surface area contributed by atoms with Gasteiger partial charge in [-0.25, -0.2) is 4.79 Å². The Morgan fingerprint density at radius 1 is 1.05 bits per heavy atom. The molecule has 0 spiro atoms. The number of hydrogen-bond donors (Lipinski definition) is 0. The normalized spacial score (nSPS) is 11.9. The van der Waals surface area contributed by atoms with Crippen molar-refractivity contribution < 1.29 is 19.1 Å². The first kappa shape index (κ1) is 18.0. The number of anilines is 1. The number of rotatable bonds is 7. The van der Waals surface area contributed by atoms with E-state index in [0.717, 1.165) is 0 Å². The zero-order valence-electron chi connectivity index (χ0n) is 13.7. The van der Waals surface area contributed by atoms with Crippen molar-refractivity contribution in [3.05, 3.63) is 30.3 Å². The lowest BCUT2D eigenvalue weighted by atomic mass is 9.98. The molecule has 0 aliphatic heterocycles. The second-order valence-electron chi connectivity index (χ2n) is 5.22. The maximum absolute atomic E-state index is 12.4. The molecule has 1 aromatic rings. The predicted octanol–water partition coefficient (Wildman–Crippen LogP) is 3.63. The first-order chi connectivity index (χ1) is 10.5. The summed E-state index contributed by atoms with van der Waals surface area (Å²) < 4.78 is 10.2. The van der Waals surface area contributed by atoms with Gasteiger partial charge < -0.3 is 9.47 Å². The number of carbonyl (C=O) groups excluding carboxylic acids is 2. The molecule has 5 heteroatoms. The Hall–Kier alpha value is -2.04. The Morgan fingerprint density at radius 3 is 2.14 bits per heavy atom. The predicted molar refractivity (Wildman–Crippen MR) is 85.8 cm³/mol. The molecule has 0 saturated heterocycles. The fourth-order valence-corrected chi connectivity index (χ4v) is 2.23. The van der Waals surface area contributed by atoms with Crippen molar-refractivity contribution in [3.63, 3.8) is 0 Å². The van der Waals surface area contributed by atoms with Crippen LogP contribution in [0.25, 0.3) is 0 Å². The van der Waals surface area contributed by atoms with E-state index in [4.69, 9.17) is 9.47 Å². The van der Waals surface area contributed by atoms with Crippen molar-refractivity contribution in [2.24, 2.45) is 5.92 Å². The van der Waals surface area contributed by atoms with Gasteiger partial charge in [0.15, 0.2) is 0 Å². The van der Waals surface area contributed by atoms with Gasteiger partial charge in [0.1, 0.15) is 0 Å². The Morgan fingerprint density at radius 2 is 1.64 bits per heavy atom. The van der Waals surface area contributed by atoms with Crippen LogP contribution in [0.3, 0.4) is 0 Å². The van der Waals surface area contributed by atoms with E-state index in [2.05, 4.69) is 0 Å². The third-order valence-corrected chi connectivity index (χ3v) is 3.28. The van der Waals surface area contributed by atoms with Gasteiger partial charge in [0, 0.05) is 5.69 Å². The molecule has 0 N–H and O–H groups in total. The highest BCUT2D eigenvalue weighted by molar-refractivity contribution is 5.89. The summed E-state index contributed by atoms with van der Waals surface area (Å²) >= 11 is 0. The van der Waals surface area contributed by atoms with Crippen LogP contribution in [0.1, 0.15) is 34.1 Å². The van der Waals surface area contributed by atoms with Gasteiger partial charge in [0.2, 0.25) is 0 Å². The number of ether oxygens (including phenoxy) is 2. The van der Waals surface area contributed by atoms with Gasteiger partial charge in [0.25, 0.3) is 0 Å². The topological polar surface area (TPSA) is 55.8 Å². The zero-order chi connectivity index (χ0) is 16.5. The summed E-state index contributed by atoms with van der Waals surface area (Å²) in [5.41, 5.74) is 0.712. The summed E-state index contributed by atoms with van der Waals surface area (Å²) in [7, 11) is 0. The van der Waals surface area contributed by atoms with Gasteiger partial charge in [-0.1, -0.05) is 32.0 Å². The highest BCUT2D eigenvalue weighted by atomic mass is 16.6. The lowest BCUT2D eigenvalue weighted by molar-refractivity contribution is -0.143. The van der Waals surface area contributed by atoms with E-state index in [-0.39, 0.29) is 31.0 Å². The maximum atomic E-state index is 12.4. The average molecular weight is 307 g/mol. The highest BCUT2D eigenvalue weighted by Crippen LogP contribution is 2.24. The van der Waals surface area contributed by atoms with E-state index in [1.807, 2.05) is 44.2 Å². The van der Waals surface area contributed by atoms with E-state index >= 15 is 0 Å². The lowest BCUT2D eigenvalue weighted by Crippen LogP contribution is -2.45. The summed E-state index contributed by atoms with van der Waals surface area (Å²) in [4.78, 5) is 25.8. The SMILES string of the molecule is CCOC(=O)CC(C(C)C)N(C(=O)OCC)c1ccccc1. The Bertz CT molecular complexity index is 473. The Labute approximate surface area is 132 Å². The first-order valence-corrected chi connectivity index (χ1v) is 7.67. The van der Waals surface area contributed by atoms with Crippen molar-refractivity contribution in [3.8, 4) is 0 Å². The largest absolute Gasteiger partial charge is 0.466 e. The summed E-state index contributed by atoms with van der Waals surface area (Å²) in [5, 5.41) is 0. The number of amides is 1. The van der Waals surface area contributed by atoms with E-state index in [1.165, 1.54) is 0 Å². The number of nitrogens with zero attached hydrogens (tertiary/aromatic N) is 1. The van der Waals surface area contributed by atoms with Crippen molar-refractivity contribution in [2.75, 3.05) is 18.1 Å². The van der Waals surface area contributed by atoms with Gasteiger partial charge in [-0.3, -0.25) is 9.69 Å². The second-order valence-corrected chi connectivity index (χ2v) is 5.22. The first-order valence-electron chi connectivity index (χ1n) is 7.67. The van der Waals surface area contributed by atoms with Crippen LogP contribution in [0.5, 0.6) is 0 Å². The van der Waals surface area contributed by atoms with Crippen LogP contribution >= 0.6 is 0 Å². The third-order valence-electron chi connectivity index (χ3n) is 3.28. The van der Waals surface area contributed by atoms with Crippen molar-refractivity contribution in [1.82, 2.24) is 0 Å². The minimum Gasteiger partial charge on any atom is -0.466 e. The Balaban J connectivity index is 3.09. The molecule has 0 aromatic heterocycles. The molecule has 1 unspecified atom stereocenters. The highest BCUT2D eigenvalue weighted by Gasteiger charge is 2.31. The van der Waals surface area contributed by atoms with Crippen LogP contribution in [0.4, 0.5) is 10.5 Å². The zero-order valence-corrected chi connectivity index (χ0v) is 13.7. The smallest absolute Gasteiger partial charge is 0.414 e. The lowest BCUT2D eigenvalue weighted by Gasteiger charge is -2.33. The second kappa shape index (κ2) is 9.07. The van der Waals surface area contributed by atoms with E-state index in [0.29, 0.717) is 12.3 Å². The van der Waals surface area contributed by atoms with E-state index < -0.39 is 6.09 Å². The molecule has 0 fully saturated rings. The van der Waals surface area contributed by atoms with E-state index in [1.54, 1.807) is 18.7 Å². The minimum atomic E-state index is -0.448. The molecule has 0 aliphatic carbocycles. The van der Waals surface area contributed by atoms with Crippen LogP contribution in [0.15, 0.2) is 30.3 Å². The standard InChI is InChI=1S/C17H25NO4/c1-5-21-16(19)12-15(13(3)4)18(17(20)22-6-2)14-10-8-7-9-11-14/h7-11,13,15H,5-6,12H2,1-4H3. The fourth-order valence-electron chi connectivity index (χ4n) is 2.23. The molecule has 0 saturated carbocycles. The molecule has 1 aromatic carbocycles. The average Bonchev–Trinajstić information content (AvgIpc) is 2.48. The monoisotopic (exact) mass is 307 g/mol. The van der Waals surface area contributed by atoms with Gasteiger partial charge in [0.05, 0.1) is 25.7 Å². The summed E-state index contributed by atoms with van der Waals surface area (Å²) in [6.07, 6.45) is -0.309. The maximum Gasteiger partial charge on any atom is 0.414 e. The quantitative estimate of drug-likeness (QED) is 0.722. The van der Waals surface area contributed by atoms with Crippen LogP contribution in [0, 0.1) is 5.92 Å². The fraction of sp³-hybridized carbons (Fsp3) is 0.529. The summed E-state index contributed by atoms with van der Waals surface area (Å²) in [6.45, 7) is 8.08. The molecule has 5 nitrogen and oxygen atoms in total. The summed E-state index contributed by atoms with van der Waals surface area (Å²) in [6, 6.07) is 8.92. The van der Waals surface area contributed by atoms with Crippen molar-refractivity contribution in [2.45, 2.75) is 40.2 Å².